The summed E-state index contributed by atoms with van der Waals surface area (Å²) in [6.07, 6.45) is 1.06. The fraction of sp³-hybridized carbons (Fsp3) is 0.333. The third kappa shape index (κ3) is 2.99. The number of benzene rings is 1. The number of aryl methyl sites for hydroxylation is 1. The van der Waals surface area contributed by atoms with E-state index in [1.807, 2.05) is 50.2 Å². The molecule has 0 spiro atoms. The van der Waals surface area contributed by atoms with Crippen LogP contribution >= 0.6 is 0 Å². The molecule has 0 radical (unpaired) electrons. The zero-order valence-corrected chi connectivity index (χ0v) is 13.6. The lowest BCUT2D eigenvalue weighted by atomic mass is 10.0. The van der Waals surface area contributed by atoms with Gasteiger partial charge in [0.1, 0.15) is 23.0 Å². The number of methoxy groups -OCH3 is 1. The summed E-state index contributed by atoms with van der Waals surface area (Å²) >= 11 is 0. The van der Waals surface area contributed by atoms with E-state index < -0.39 is 0 Å². The van der Waals surface area contributed by atoms with E-state index in [1.54, 1.807) is 12.1 Å². The molecule has 2 heterocycles. The summed E-state index contributed by atoms with van der Waals surface area (Å²) < 4.78 is 10.9. The molecule has 1 atom stereocenters. The molecule has 0 saturated carbocycles. The lowest BCUT2D eigenvalue weighted by Crippen LogP contribution is -2.26. The Labute approximate surface area is 135 Å². The van der Waals surface area contributed by atoms with Gasteiger partial charge in [-0.3, -0.25) is 4.79 Å². The lowest BCUT2D eigenvalue weighted by Gasteiger charge is -2.21. The largest absolute Gasteiger partial charge is 0.497 e. The summed E-state index contributed by atoms with van der Waals surface area (Å²) in [5.41, 5.74) is 1.84. The molecule has 1 amide bonds. The van der Waals surface area contributed by atoms with Gasteiger partial charge in [0, 0.05) is 12.8 Å². The quantitative estimate of drug-likeness (QED) is 0.865. The first-order chi connectivity index (χ1) is 11.1. The Hall–Kier alpha value is -2.56. The molecule has 1 aromatic carbocycles. The lowest BCUT2D eigenvalue weighted by molar-refractivity contribution is -0.132. The first-order valence-electron chi connectivity index (χ1n) is 7.72. The number of hydrazone groups is 1. The van der Waals surface area contributed by atoms with Gasteiger partial charge >= 0.3 is 0 Å². The smallest absolute Gasteiger partial charge is 0.242 e. The Morgan fingerprint density at radius 1 is 1.30 bits per heavy atom. The van der Waals surface area contributed by atoms with Crippen LogP contribution < -0.4 is 4.74 Å². The highest BCUT2D eigenvalue weighted by molar-refractivity contribution is 6.01. The molecule has 5 nitrogen and oxygen atoms in total. The fourth-order valence-electron chi connectivity index (χ4n) is 2.73. The Kier molecular flexibility index (Phi) is 4.19. The summed E-state index contributed by atoms with van der Waals surface area (Å²) in [5.74, 6) is 2.36. The Bertz CT molecular complexity index is 731. The van der Waals surface area contributed by atoms with E-state index in [1.165, 1.54) is 0 Å². The number of hydrogen-bond acceptors (Lipinski definition) is 4. The Morgan fingerprint density at radius 2 is 2.04 bits per heavy atom. The normalized spacial score (nSPS) is 17.3. The number of furan rings is 1. The van der Waals surface area contributed by atoms with Crippen molar-refractivity contribution in [1.29, 1.82) is 0 Å². The molecule has 0 aliphatic carbocycles. The van der Waals surface area contributed by atoms with Crippen LogP contribution in [-0.4, -0.2) is 23.7 Å². The highest BCUT2D eigenvalue weighted by Crippen LogP contribution is 2.34. The molecule has 5 heteroatoms. The standard InChI is InChI=1S/C18H20N2O3/c1-4-18(21)20-16(13-6-8-14(22-3)9-7-13)11-15(19-20)17-10-5-12(2)23-17/h5-10,16H,4,11H2,1-3H3/t16-/m0/s1. The second-order valence-corrected chi connectivity index (χ2v) is 5.54. The van der Waals surface area contributed by atoms with Gasteiger partial charge in [0.05, 0.1) is 13.2 Å². The van der Waals surface area contributed by atoms with Crippen molar-refractivity contribution < 1.29 is 13.9 Å². The van der Waals surface area contributed by atoms with E-state index >= 15 is 0 Å². The van der Waals surface area contributed by atoms with Gasteiger partial charge in [-0.15, -0.1) is 0 Å². The van der Waals surface area contributed by atoms with Crippen molar-refractivity contribution in [2.24, 2.45) is 5.10 Å². The first-order valence-corrected chi connectivity index (χ1v) is 7.72. The number of carbonyl (C=O) groups is 1. The van der Waals surface area contributed by atoms with Crippen molar-refractivity contribution in [3.8, 4) is 5.75 Å². The number of rotatable bonds is 4. The predicted octanol–water partition coefficient (Wildman–Crippen LogP) is 3.68. The van der Waals surface area contributed by atoms with Gasteiger partial charge in [-0.1, -0.05) is 19.1 Å². The highest BCUT2D eigenvalue weighted by Gasteiger charge is 2.33. The van der Waals surface area contributed by atoms with Crippen molar-refractivity contribution >= 4 is 11.6 Å². The molecular formula is C18H20N2O3. The van der Waals surface area contributed by atoms with E-state index in [9.17, 15) is 4.79 Å². The van der Waals surface area contributed by atoms with Gasteiger partial charge in [0.2, 0.25) is 5.91 Å². The second-order valence-electron chi connectivity index (χ2n) is 5.54. The van der Waals surface area contributed by atoms with Crippen LogP contribution in [0.25, 0.3) is 0 Å². The van der Waals surface area contributed by atoms with Crippen LogP contribution in [0.3, 0.4) is 0 Å². The van der Waals surface area contributed by atoms with Gasteiger partial charge in [-0.05, 0) is 36.8 Å². The van der Waals surface area contributed by atoms with Crippen molar-refractivity contribution in [2.45, 2.75) is 32.7 Å². The van der Waals surface area contributed by atoms with Crippen LogP contribution in [0.5, 0.6) is 5.75 Å². The van der Waals surface area contributed by atoms with E-state index in [2.05, 4.69) is 5.10 Å². The molecule has 23 heavy (non-hydrogen) atoms. The van der Waals surface area contributed by atoms with E-state index in [4.69, 9.17) is 9.15 Å². The average Bonchev–Trinajstić information content (AvgIpc) is 3.20. The molecular weight excluding hydrogens is 292 g/mol. The highest BCUT2D eigenvalue weighted by atomic mass is 16.5. The fourth-order valence-corrected chi connectivity index (χ4v) is 2.73. The summed E-state index contributed by atoms with van der Waals surface area (Å²) in [5, 5.41) is 6.10. The van der Waals surface area contributed by atoms with Crippen LogP contribution in [0, 0.1) is 6.92 Å². The molecule has 0 unspecified atom stereocenters. The summed E-state index contributed by atoms with van der Waals surface area (Å²) in [4.78, 5) is 12.3. The number of nitrogens with zero attached hydrogens (tertiary/aromatic N) is 2. The third-order valence-corrected chi connectivity index (χ3v) is 3.99. The minimum Gasteiger partial charge on any atom is -0.497 e. The van der Waals surface area contributed by atoms with Gasteiger partial charge in [-0.25, -0.2) is 5.01 Å². The second kappa shape index (κ2) is 6.28. The SMILES string of the molecule is CCC(=O)N1N=C(c2ccc(C)o2)C[C@H]1c1ccc(OC)cc1. The van der Waals surface area contributed by atoms with Crippen molar-refractivity contribution in [3.63, 3.8) is 0 Å². The van der Waals surface area contributed by atoms with Crippen molar-refractivity contribution in [1.82, 2.24) is 5.01 Å². The van der Waals surface area contributed by atoms with Crippen LogP contribution in [0.1, 0.15) is 42.9 Å². The number of carbonyl (C=O) groups excluding carboxylic acids is 1. The Balaban J connectivity index is 1.91. The summed E-state index contributed by atoms with van der Waals surface area (Å²) in [6, 6.07) is 11.5. The molecule has 1 aromatic heterocycles. The van der Waals surface area contributed by atoms with E-state index in [-0.39, 0.29) is 11.9 Å². The molecule has 3 rings (SSSR count). The van der Waals surface area contributed by atoms with Crippen LogP contribution in [0.15, 0.2) is 45.9 Å². The molecule has 1 aliphatic rings. The first kappa shape index (κ1) is 15.3. The zero-order valence-electron chi connectivity index (χ0n) is 13.6. The van der Waals surface area contributed by atoms with Crippen LogP contribution in [-0.2, 0) is 4.79 Å². The van der Waals surface area contributed by atoms with Gasteiger partial charge in [-0.2, -0.15) is 5.10 Å². The average molecular weight is 312 g/mol. The molecule has 0 fully saturated rings. The maximum absolute atomic E-state index is 12.3. The number of amides is 1. The third-order valence-electron chi connectivity index (χ3n) is 3.99. The summed E-state index contributed by atoms with van der Waals surface area (Å²) in [7, 11) is 1.64. The Morgan fingerprint density at radius 3 is 2.61 bits per heavy atom. The van der Waals surface area contributed by atoms with Crippen molar-refractivity contribution in [2.75, 3.05) is 7.11 Å². The topological polar surface area (TPSA) is 55.0 Å². The summed E-state index contributed by atoms with van der Waals surface area (Å²) in [6.45, 7) is 3.74. The van der Waals surface area contributed by atoms with Gasteiger partial charge in [0.25, 0.3) is 0 Å². The van der Waals surface area contributed by atoms with Crippen LogP contribution in [0.2, 0.25) is 0 Å². The molecule has 2 aromatic rings. The van der Waals surface area contributed by atoms with Crippen molar-refractivity contribution in [3.05, 3.63) is 53.5 Å². The molecule has 120 valence electrons. The minimum atomic E-state index is -0.103. The maximum atomic E-state index is 12.3. The van der Waals surface area contributed by atoms with Gasteiger partial charge < -0.3 is 9.15 Å². The predicted molar refractivity (Wildman–Crippen MR) is 87.5 cm³/mol. The van der Waals surface area contributed by atoms with Gasteiger partial charge in [0.15, 0.2) is 0 Å². The van der Waals surface area contributed by atoms with E-state index in [0.29, 0.717) is 12.8 Å². The minimum absolute atomic E-state index is 0.00379. The molecule has 0 bridgehead atoms. The van der Waals surface area contributed by atoms with Crippen LogP contribution in [0.4, 0.5) is 0 Å². The molecule has 0 N–H and O–H groups in total. The zero-order chi connectivity index (χ0) is 16.4. The molecule has 0 saturated heterocycles. The molecule has 1 aliphatic heterocycles. The monoisotopic (exact) mass is 312 g/mol. The van der Waals surface area contributed by atoms with E-state index in [0.717, 1.165) is 28.5 Å². The number of ether oxygens (including phenoxy) is 1. The maximum Gasteiger partial charge on any atom is 0.242 e. The number of hydrogen-bond donors (Lipinski definition) is 0.